The molecule has 0 aliphatic heterocycles. The summed E-state index contributed by atoms with van der Waals surface area (Å²) in [5.41, 5.74) is 4.10. The Morgan fingerprint density at radius 2 is 1.92 bits per heavy atom. The third-order valence-corrected chi connectivity index (χ3v) is 5.53. The largest absolute Gasteiger partial charge is 0.507 e. The maximum absolute atomic E-state index is 10.6. The van der Waals surface area contributed by atoms with Gasteiger partial charge in [0.1, 0.15) is 11.5 Å². The standard InChI is InChI=1S/C22H32O2/c1-6-15(4)7-9-17-12-20(23)22(21(24)13-17)19-11-16(5)8-10-18(19)14(2)3/h11-13,15,18-19,23-24H,2,6-10H2,1,3-5H3/t15?,18-,19+/m0/s1. The lowest BCUT2D eigenvalue weighted by Gasteiger charge is -2.31. The van der Waals surface area contributed by atoms with Crippen molar-refractivity contribution in [3.05, 3.63) is 47.1 Å². The molecule has 0 radical (unpaired) electrons. The van der Waals surface area contributed by atoms with Crippen LogP contribution in [0.4, 0.5) is 0 Å². The van der Waals surface area contributed by atoms with Gasteiger partial charge in [0.2, 0.25) is 0 Å². The van der Waals surface area contributed by atoms with Crippen LogP contribution in [0.15, 0.2) is 35.9 Å². The van der Waals surface area contributed by atoms with Crippen LogP contribution in [0.5, 0.6) is 11.5 Å². The Balaban J connectivity index is 2.32. The fraction of sp³-hybridized carbons (Fsp3) is 0.545. The van der Waals surface area contributed by atoms with Crippen LogP contribution in [0, 0.1) is 11.8 Å². The van der Waals surface area contributed by atoms with Gasteiger partial charge >= 0.3 is 0 Å². The summed E-state index contributed by atoms with van der Waals surface area (Å²) in [5.74, 6) is 1.38. The molecule has 0 fully saturated rings. The Kier molecular flexibility index (Phi) is 6.15. The van der Waals surface area contributed by atoms with Gasteiger partial charge in [-0.25, -0.2) is 0 Å². The Morgan fingerprint density at radius 3 is 2.46 bits per heavy atom. The van der Waals surface area contributed by atoms with Crippen molar-refractivity contribution < 1.29 is 10.2 Å². The number of benzene rings is 1. The van der Waals surface area contributed by atoms with Gasteiger partial charge in [-0.1, -0.05) is 44.1 Å². The summed E-state index contributed by atoms with van der Waals surface area (Å²) in [6.07, 6.45) is 7.39. The van der Waals surface area contributed by atoms with Crippen LogP contribution < -0.4 is 0 Å². The van der Waals surface area contributed by atoms with Crippen molar-refractivity contribution in [3.63, 3.8) is 0 Å². The summed E-state index contributed by atoms with van der Waals surface area (Å²) in [6, 6.07) is 3.68. The van der Waals surface area contributed by atoms with Gasteiger partial charge in [-0.3, -0.25) is 0 Å². The normalized spacial score (nSPS) is 22.1. The first-order chi connectivity index (χ1) is 11.3. The first-order valence-electron chi connectivity index (χ1n) is 9.20. The van der Waals surface area contributed by atoms with Crippen molar-refractivity contribution in [1.29, 1.82) is 0 Å². The number of aryl methyl sites for hydroxylation is 1. The smallest absolute Gasteiger partial charge is 0.123 e. The number of aromatic hydroxyl groups is 2. The zero-order valence-corrected chi connectivity index (χ0v) is 15.6. The zero-order valence-electron chi connectivity index (χ0n) is 15.6. The summed E-state index contributed by atoms with van der Waals surface area (Å²) < 4.78 is 0. The van der Waals surface area contributed by atoms with Gasteiger partial charge in [0.05, 0.1) is 0 Å². The number of phenols is 2. The van der Waals surface area contributed by atoms with Gasteiger partial charge in [0.15, 0.2) is 0 Å². The predicted molar refractivity (Wildman–Crippen MR) is 102 cm³/mol. The van der Waals surface area contributed by atoms with Crippen molar-refractivity contribution in [2.45, 2.75) is 65.7 Å². The fourth-order valence-electron chi connectivity index (χ4n) is 3.69. The Bertz CT molecular complexity index is 604. The Labute approximate surface area is 146 Å². The molecule has 2 nitrogen and oxygen atoms in total. The van der Waals surface area contributed by atoms with E-state index in [2.05, 4.69) is 33.4 Å². The molecule has 0 heterocycles. The van der Waals surface area contributed by atoms with Gasteiger partial charge in [-0.15, -0.1) is 0 Å². The van der Waals surface area contributed by atoms with Gasteiger partial charge in [0.25, 0.3) is 0 Å². The molecule has 3 atom stereocenters. The molecule has 0 saturated heterocycles. The molecule has 0 bridgehead atoms. The molecule has 0 saturated carbocycles. The number of hydrogen-bond acceptors (Lipinski definition) is 2. The zero-order chi connectivity index (χ0) is 17.9. The van der Waals surface area contributed by atoms with E-state index < -0.39 is 0 Å². The second-order valence-corrected chi connectivity index (χ2v) is 7.63. The van der Waals surface area contributed by atoms with Crippen LogP contribution >= 0.6 is 0 Å². The highest BCUT2D eigenvalue weighted by Gasteiger charge is 2.30. The summed E-state index contributed by atoms with van der Waals surface area (Å²) >= 11 is 0. The van der Waals surface area contributed by atoms with Gasteiger partial charge in [0, 0.05) is 11.5 Å². The maximum Gasteiger partial charge on any atom is 0.123 e. The highest BCUT2D eigenvalue weighted by Crippen LogP contribution is 2.46. The number of hydrogen-bond donors (Lipinski definition) is 2. The topological polar surface area (TPSA) is 40.5 Å². The molecule has 24 heavy (non-hydrogen) atoms. The molecule has 132 valence electrons. The number of rotatable bonds is 6. The quantitative estimate of drug-likeness (QED) is 0.620. The minimum Gasteiger partial charge on any atom is -0.507 e. The molecule has 1 aromatic carbocycles. The van der Waals surface area contributed by atoms with Crippen LogP contribution in [0.1, 0.15) is 70.4 Å². The van der Waals surface area contributed by atoms with Gasteiger partial charge in [-0.2, -0.15) is 0 Å². The minimum absolute atomic E-state index is 0.0138. The highest BCUT2D eigenvalue weighted by atomic mass is 16.3. The molecule has 1 unspecified atom stereocenters. The molecule has 1 aromatic rings. The van der Waals surface area contributed by atoms with E-state index in [1.807, 2.05) is 19.1 Å². The van der Waals surface area contributed by atoms with Crippen LogP contribution in [-0.2, 0) is 6.42 Å². The van der Waals surface area contributed by atoms with Gasteiger partial charge in [-0.05, 0) is 69.1 Å². The van der Waals surface area contributed by atoms with E-state index in [0.717, 1.165) is 43.2 Å². The maximum atomic E-state index is 10.6. The van der Waals surface area contributed by atoms with E-state index in [1.165, 1.54) is 5.57 Å². The van der Waals surface area contributed by atoms with Crippen molar-refractivity contribution in [1.82, 2.24) is 0 Å². The van der Waals surface area contributed by atoms with Crippen LogP contribution in [0.3, 0.4) is 0 Å². The van der Waals surface area contributed by atoms with Crippen LogP contribution in [0.2, 0.25) is 0 Å². The predicted octanol–water partition coefficient (Wildman–Crippen LogP) is 6.09. The Morgan fingerprint density at radius 1 is 1.29 bits per heavy atom. The first-order valence-corrected chi connectivity index (χ1v) is 9.20. The second kappa shape index (κ2) is 7.92. The molecule has 1 aliphatic rings. The van der Waals surface area contributed by atoms with Crippen molar-refractivity contribution in [2.24, 2.45) is 11.8 Å². The van der Waals surface area contributed by atoms with Gasteiger partial charge < -0.3 is 10.2 Å². The van der Waals surface area contributed by atoms with Crippen molar-refractivity contribution in [2.75, 3.05) is 0 Å². The lowest BCUT2D eigenvalue weighted by atomic mass is 9.73. The van der Waals surface area contributed by atoms with E-state index in [0.29, 0.717) is 11.5 Å². The number of phenolic OH excluding ortho intramolecular Hbond substituents is 2. The molecular weight excluding hydrogens is 296 g/mol. The van der Waals surface area contributed by atoms with E-state index in [-0.39, 0.29) is 23.3 Å². The molecule has 2 rings (SSSR count). The molecule has 2 heteroatoms. The summed E-state index contributed by atoms with van der Waals surface area (Å²) in [6.45, 7) is 12.7. The molecule has 2 N–H and O–H groups in total. The van der Waals surface area contributed by atoms with E-state index in [4.69, 9.17) is 0 Å². The SMILES string of the molecule is C=C(C)[C@@H]1CCC(C)=C[C@H]1c1c(O)cc(CCC(C)CC)cc1O. The van der Waals surface area contributed by atoms with Crippen molar-refractivity contribution >= 4 is 0 Å². The fourth-order valence-corrected chi connectivity index (χ4v) is 3.69. The third-order valence-electron chi connectivity index (χ3n) is 5.53. The monoisotopic (exact) mass is 328 g/mol. The van der Waals surface area contributed by atoms with E-state index in [9.17, 15) is 10.2 Å². The lowest BCUT2D eigenvalue weighted by Crippen LogP contribution is -2.17. The third kappa shape index (κ3) is 4.23. The molecule has 0 amide bonds. The molecular formula is C22H32O2. The lowest BCUT2D eigenvalue weighted by molar-refractivity contribution is 0.405. The van der Waals surface area contributed by atoms with Crippen LogP contribution in [0.25, 0.3) is 0 Å². The Hall–Kier alpha value is -1.70. The average Bonchev–Trinajstić information content (AvgIpc) is 2.51. The molecule has 1 aliphatic carbocycles. The van der Waals surface area contributed by atoms with Crippen molar-refractivity contribution in [3.8, 4) is 11.5 Å². The second-order valence-electron chi connectivity index (χ2n) is 7.63. The average molecular weight is 328 g/mol. The summed E-state index contributed by atoms with van der Waals surface area (Å²) in [4.78, 5) is 0. The van der Waals surface area contributed by atoms with E-state index in [1.54, 1.807) is 0 Å². The highest BCUT2D eigenvalue weighted by molar-refractivity contribution is 5.51. The van der Waals surface area contributed by atoms with Crippen LogP contribution in [-0.4, -0.2) is 10.2 Å². The number of allylic oxidation sites excluding steroid dienone is 3. The first kappa shape index (κ1) is 18.6. The minimum atomic E-state index is 0.0138. The van der Waals surface area contributed by atoms with E-state index >= 15 is 0 Å². The summed E-state index contributed by atoms with van der Waals surface area (Å²) in [5, 5.41) is 21.2. The molecule has 0 aromatic heterocycles. The summed E-state index contributed by atoms with van der Waals surface area (Å²) in [7, 11) is 0. The molecule has 0 spiro atoms.